The minimum atomic E-state index is -1.04. The predicted octanol–water partition coefficient (Wildman–Crippen LogP) is 17.0. The molecule has 0 spiro atoms. The van der Waals surface area contributed by atoms with Crippen molar-refractivity contribution in [3.8, 4) is 46.0 Å². The van der Waals surface area contributed by atoms with E-state index in [1.165, 1.54) is 0 Å². The van der Waals surface area contributed by atoms with E-state index in [1.54, 1.807) is 132 Å². The van der Waals surface area contributed by atoms with Gasteiger partial charge in [-0.1, -0.05) is 108 Å². The van der Waals surface area contributed by atoms with Crippen molar-refractivity contribution in [2.24, 2.45) is 0 Å². The van der Waals surface area contributed by atoms with Crippen molar-refractivity contribution >= 4 is 91.3 Å². The lowest BCUT2D eigenvalue weighted by molar-refractivity contribution is 0.0683. The number of ketones is 9. The Hall–Kier alpha value is -10.5. The Morgan fingerprint density at radius 1 is 0.431 bits per heavy atom. The Labute approximate surface area is 608 Å². The molecule has 0 amide bonds. The van der Waals surface area contributed by atoms with Gasteiger partial charge in [-0.05, 0) is 206 Å². The minimum absolute atomic E-state index is 0.00694. The lowest BCUT2D eigenvalue weighted by atomic mass is 10.0. The number of carbonyl (C=O) groups is 9. The van der Waals surface area contributed by atoms with Crippen LogP contribution < -0.4 is 37.9 Å². The number of Topliss-reactive ketones (excluding diaryl/α,β-unsaturated/α-hetero) is 9. The SMILES string of the molecule is CC1(C)Oc2ccccc2C1=O.CC1Oc2ccc(Cl)cc2C1=O.CC1Oc2ccccc2C1=O.CSc1ccc2c(c1)OCC2=O.Cc1cc(C)c2c(c1)C(=O)C(C)O2.Cc1ccc2c(c1)C(=O)C(Br)O2.Cc1ccc2c(c1)C(=O)C(C)O2.O=C(c1ccccc1)C1Oc2ccccc2C1=O. The molecule has 17 rings (SSSR count). The Morgan fingerprint density at radius 3 is 1.46 bits per heavy atom. The van der Waals surface area contributed by atoms with Crippen LogP contribution in [0.5, 0.6) is 46.0 Å². The molecule has 8 aliphatic heterocycles. The second-order valence-corrected chi connectivity index (χ2v) is 27.1. The molecule has 0 N–H and O–H groups in total. The summed E-state index contributed by atoms with van der Waals surface area (Å²) in [5, 5.41) is 0.0779. The van der Waals surface area contributed by atoms with Crippen LogP contribution in [-0.2, 0) is 0 Å². The number of hydrogen-bond acceptors (Lipinski definition) is 18. The van der Waals surface area contributed by atoms with Crippen molar-refractivity contribution in [2.45, 2.75) is 115 Å². The molecule has 6 unspecified atom stereocenters. The number of rotatable bonds is 3. The average molecular weight is 1480 g/mol. The van der Waals surface area contributed by atoms with Gasteiger partial charge in [0.25, 0.3) is 0 Å². The standard InChI is InChI=1S/C15H10O3.C11H12O2.2C10H10O2.C9H7BrO2.C9H7ClO2.C9H8O2S.C9H8O2/c16-13(10-6-2-1-3-7-10)15-14(17)11-8-4-5-9-12(11)18-15;1-6-4-7(2)11-9(5-6)10(12)8(3)13-11;1-6-3-4-9-8(5-6)10(11)7(2)12-9;1-10(2)9(11)7-5-3-4-6-8(7)12-10;1-5-2-3-7-6(4-5)8(11)9(10)12-7;1-5-9(11)7-4-6(10)2-3-8(7)12-5;1-12-6-2-3-7-8(10)5-11-9(7)4-6;1-6-9(10)7-4-2-3-5-8(7)11-6/h1-9,15H;4-5,8H,1-3H3;3-5,7H,1-2H3;3-6H,1-2H3;2-4,9H,1H3;2-5H,1H3;2-4H,5H2,1H3;2-6H,1H3. The summed E-state index contributed by atoms with van der Waals surface area (Å²) in [6.45, 7) is 18.7. The van der Waals surface area contributed by atoms with E-state index in [0.29, 0.717) is 72.7 Å². The van der Waals surface area contributed by atoms with Gasteiger partial charge in [-0.3, -0.25) is 43.2 Å². The van der Waals surface area contributed by atoms with Crippen LogP contribution in [0.15, 0.2) is 193 Å². The fraction of sp³-hybridized carbons (Fsp3) is 0.232. The lowest BCUT2D eigenvalue weighted by Gasteiger charge is -2.14. The third-order valence-corrected chi connectivity index (χ3v) is 18.4. The van der Waals surface area contributed by atoms with Crippen molar-refractivity contribution in [1.29, 1.82) is 0 Å². The molecular weight excluding hydrogens is 1400 g/mol. The number of alkyl halides is 1. The number of fused-ring (bicyclic) bond motifs is 8. The molecule has 0 aliphatic carbocycles. The summed E-state index contributed by atoms with van der Waals surface area (Å²) in [6.07, 6.45) is -0.314. The number of ether oxygens (including phenoxy) is 8. The Bertz CT molecular complexity index is 4630. The fourth-order valence-electron chi connectivity index (χ4n) is 11.5. The second kappa shape index (κ2) is 32.0. The average Bonchev–Trinajstić information content (AvgIpc) is 1.65. The first-order chi connectivity index (χ1) is 48.6. The summed E-state index contributed by atoms with van der Waals surface area (Å²) in [6, 6.07) is 56.2. The van der Waals surface area contributed by atoms with Gasteiger partial charge < -0.3 is 37.9 Å². The van der Waals surface area contributed by atoms with E-state index in [4.69, 9.17) is 49.5 Å². The number of benzene rings is 9. The van der Waals surface area contributed by atoms with E-state index >= 15 is 0 Å². The Morgan fingerprint density at radius 2 is 0.892 bits per heavy atom. The van der Waals surface area contributed by atoms with Crippen molar-refractivity contribution < 1.29 is 81.0 Å². The zero-order chi connectivity index (χ0) is 73.4. The van der Waals surface area contributed by atoms with Crippen LogP contribution in [-0.4, -0.2) is 106 Å². The number of halogens is 2. The summed E-state index contributed by atoms with van der Waals surface area (Å²) in [4.78, 5) is 105. The molecule has 0 radical (unpaired) electrons. The first kappa shape index (κ1) is 74.2. The molecule has 6 atom stereocenters. The van der Waals surface area contributed by atoms with Crippen LogP contribution >= 0.6 is 39.3 Å². The summed E-state index contributed by atoms with van der Waals surface area (Å²) in [7, 11) is 0. The highest BCUT2D eigenvalue weighted by molar-refractivity contribution is 9.09. The van der Waals surface area contributed by atoms with E-state index in [2.05, 4.69) is 15.9 Å². The minimum Gasteiger partial charge on any atom is -0.485 e. The van der Waals surface area contributed by atoms with Gasteiger partial charge in [-0.25, -0.2) is 0 Å². The molecule has 20 heteroatoms. The summed E-state index contributed by atoms with van der Waals surface area (Å²) in [5.74, 6) is 5.30. The number of hydrogen-bond donors (Lipinski definition) is 0. The molecule has 0 fully saturated rings. The maximum absolute atomic E-state index is 12.2. The van der Waals surface area contributed by atoms with Gasteiger partial charge in [0, 0.05) is 15.5 Å². The van der Waals surface area contributed by atoms with Gasteiger partial charge in [-0.15, -0.1) is 11.8 Å². The molecule has 0 bridgehead atoms. The van der Waals surface area contributed by atoms with Crippen LogP contribution in [0, 0.1) is 27.7 Å². The molecule has 0 saturated heterocycles. The van der Waals surface area contributed by atoms with Gasteiger partial charge in [0.15, 0.2) is 36.6 Å². The third kappa shape index (κ3) is 16.8. The molecular formula is C82H72BrClO17S. The molecule has 17 nitrogen and oxygen atoms in total. The van der Waals surface area contributed by atoms with E-state index in [9.17, 15) is 43.2 Å². The smallest absolute Gasteiger partial charge is 0.224 e. The van der Waals surface area contributed by atoms with Gasteiger partial charge in [0.1, 0.15) is 46.0 Å². The number of thioether (sulfide) groups is 1. The van der Waals surface area contributed by atoms with E-state index in [-0.39, 0.29) is 83.1 Å². The molecule has 9 aromatic rings. The molecule has 0 saturated carbocycles. The van der Waals surface area contributed by atoms with Crippen molar-refractivity contribution in [2.75, 3.05) is 12.9 Å². The van der Waals surface area contributed by atoms with Crippen LogP contribution in [0.1, 0.15) is 157 Å². The second-order valence-electron chi connectivity index (χ2n) is 25.0. The molecule has 0 aromatic heterocycles. The van der Waals surface area contributed by atoms with Gasteiger partial charge in [0.05, 0.1) is 44.5 Å². The fourth-order valence-corrected chi connectivity index (χ4v) is 12.5. The molecule has 9 aromatic carbocycles. The maximum atomic E-state index is 12.2. The molecule has 8 aliphatic rings. The number of carbonyl (C=O) groups excluding carboxylic acids is 9. The number of aryl methyl sites for hydroxylation is 4. The van der Waals surface area contributed by atoms with Crippen LogP contribution in [0.2, 0.25) is 5.02 Å². The zero-order valence-corrected chi connectivity index (χ0v) is 60.8. The largest absolute Gasteiger partial charge is 0.485 e. The first-order valence-electron chi connectivity index (χ1n) is 32.6. The summed E-state index contributed by atoms with van der Waals surface area (Å²) < 4.78 is 42.6. The van der Waals surface area contributed by atoms with Crippen LogP contribution in [0.4, 0.5) is 0 Å². The van der Waals surface area contributed by atoms with Crippen molar-refractivity contribution in [3.63, 3.8) is 0 Å². The van der Waals surface area contributed by atoms with Gasteiger partial charge in [0.2, 0.25) is 63.2 Å². The monoisotopic (exact) mass is 1470 g/mol. The van der Waals surface area contributed by atoms with E-state index in [0.717, 1.165) is 55.5 Å². The van der Waals surface area contributed by atoms with E-state index < -0.39 is 16.7 Å². The highest BCUT2D eigenvalue weighted by atomic mass is 79.9. The van der Waals surface area contributed by atoms with Crippen molar-refractivity contribution in [3.05, 3.63) is 265 Å². The molecule has 102 heavy (non-hydrogen) atoms. The predicted molar refractivity (Wildman–Crippen MR) is 391 cm³/mol. The molecule has 8 heterocycles. The summed E-state index contributed by atoms with van der Waals surface area (Å²) in [5.41, 5.74) is 9.48. The highest BCUT2D eigenvalue weighted by Crippen LogP contribution is 2.38. The maximum Gasteiger partial charge on any atom is 0.224 e. The third-order valence-electron chi connectivity index (χ3n) is 16.8. The van der Waals surface area contributed by atoms with Gasteiger partial charge >= 0.3 is 0 Å². The topological polar surface area (TPSA) is 227 Å². The van der Waals surface area contributed by atoms with Crippen molar-refractivity contribution in [1.82, 2.24) is 0 Å². The van der Waals surface area contributed by atoms with Crippen LogP contribution in [0.25, 0.3) is 0 Å². The quantitative estimate of drug-likeness (QED) is 0.0693. The van der Waals surface area contributed by atoms with E-state index in [1.807, 2.05) is 143 Å². The number of para-hydroxylation sites is 3. The normalized spacial score (nSPS) is 19.0. The van der Waals surface area contributed by atoms with Gasteiger partial charge in [-0.2, -0.15) is 0 Å². The lowest BCUT2D eigenvalue weighted by Crippen LogP contribution is -2.31. The zero-order valence-electron chi connectivity index (χ0n) is 57.7. The first-order valence-corrected chi connectivity index (χ1v) is 35.1. The Kier molecular flexibility index (Phi) is 23.3. The molecule has 522 valence electrons. The highest BCUT2D eigenvalue weighted by Gasteiger charge is 2.40. The van der Waals surface area contributed by atoms with Crippen LogP contribution in [0.3, 0.4) is 0 Å². The summed E-state index contributed by atoms with van der Waals surface area (Å²) >= 11 is 10.5. The Balaban J connectivity index is 0.000000126.